The summed E-state index contributed by atoms with van der Waals surface area (Å²) >= 11 is 0. The van der Waals surface area contributed by atoms with Gasteiger partial charge >= 0.3 is 0 Å². The zero-order valence-corrected chi connectivity index (χ0v) is 9.49. The van der Waals surface area contributed by atoms with E-state index in [1.54, 1.807) is 0 Å². The van der Waals surface area contributed by atoms with Crippen LogP contribution >= 0.6 is 0 Å². The van der Waals surface area contributed by atoms with Crippen LogP contribution in [0.4, 0.5) is 0 Å². The van der Waals surface area contributed by atoms with Gasteiger partial charge in [-0.3, -0.25) is 0 Å². The normalized spacial score (nSPS) is 20.2. The molecule has 0 aromatic carbocycles. The highest BCUT2D eigenvalue weighted by Gasteiger charge is 2.29. The summed E-state index contributed by atoms with van der Waals surface area (Å²) in [5.74, 6) is 2.19. The predicted octanol–water partition coefficient (Wildman–Crippen LogP) is 2.00. The molecule has 4 heteroatoms. The summed E-state index contributed by atoms with van der Waals surface area (Å²) in [5, 5.41) is 3.98. The molecule has 1 aliphatic rings. The van der Waals surface area contributed by atoms with Crippen molar-refractivity contribution in [1.29, 1.82) is 0 Å². The summed E-state index contributed by atoms with van der Waals surface area (Å²) in [6.07, 6.45) is 5.45. The first kappa shape index (κ1) is 10.6. The van der Waals surface area contributed by atoms with Crippen LogP contribution in [0.2, 0.25) is 0 Å². The van der Waals surface area contributed by atoms with E-state index in [4.69, 9.17) is 10.3 Å². The topological polar surface area (TPSA) is 64.9 Å². The second-order valence-electron chi connectivity index (χ2n) is 4.83. The molecule has 0 radical (unpaired) electrons. The highest BCUT2D eigenvalue weighted by Crippen LogP contribution is 2.32. The van der Waals surface area contributed by atoms with Crippen molar-refractivity contribution < 1.29 is 4.52 Å². The van der Waals surface area contributed by atoms with E-state index in [1.165, 1.54) is 12.8 Å². The molecule has 4 nitrogen and oxygen atoms in total. The average molecular weight is 209 g/mol. The van der Waals surface area contributed by atoms with Crippen LogP contribution in [-0.2, 0) is 12.0 Å². The van der Waals surface area contributed by atoms with Gasteiger partial charge in [0.15, 0.2) is 5.82 Å². The van der Waals surface area contributed by atoms with Crippen LogP contribution in [0.5, 0.6) is 0 Å². The molecule has 1 aromatic heterocycles. The van der Waals surface area contributed by atoms with Gasteiger partial charge in [-0.05, 0) is 32.1 Å². The Labute approximate surface area is 90.2 Å². The van der Waals surface area contributed by atoms with Crippen molar-refractivity contribution in [2.24, 2.45) is 11.7 Å². The second-order valence-corrected chi connectivity index (χ2v) is 4.83. The summed E-state index contributed by atoms with van der Waals surface area (Å²) in [5.41, 5.74) is 5.64. The van der Waals surface area contributed by atoms with Gasteiger partial charge in [0.25, 0.3) is 0 Å². The highest BCUT2D eigenvalue weighted by atomic mass is 16.5. The number of hydrogen-bond acceptors (Lipinski definition) is 4. The third-order valence-corrected chi connectivity index (χ3v) is 2.89. The molecule has 1 aliphatic carbocycles. The standard InChI is InChI=1S/C11H19N3O/c1-3-6-11(2,12)10-13-9(14-15-10)7-8-4-5-8/h8H,3-7,12H2,1-2H3. The molecule has 15 heavy (non-hydrogen) atoms. The minimum absolute atomic E-state index is 0.469. The van der Waals surface area contributed by atoms with Crippen LogP contribution in [0.3, 0.4) is 0 Å². The second kappa shape index (κ2) is 3.93. The summed E-state index contributed by atoms with van der Waals surface area (Å²) in [6, 6.07) is 0. The smallest absolute Gasteiger partial charge is 0.246 e. The summed E-state index contributed by atoms with van der Waals surface area (Å²) in [6.45, 7) is 4.05. The molecule has 1 aromatic rings. The minimum atomic E-state index is -0.469. The molecule has 0 aliphatic heterocycles. The van der Waals surface area contributed by atoms with Gasteiger partial charge in [-0.25, -0.2) is 0 Å². The first-order valence-electron chi connectivity index (χ1n) is 5.74. The van der Waals surface area contributed by atoms with Crippen molar-refractivity contribution in [3.63, 3.8) is 0 Å². The molecular weight excluding hydrogens is 190 g/mol. The molecule has 1 fully saturated rings. The molecule has 2 rings (SSSR count). The monoisotopic (exact) mass is 209 g/mol. The van der Waals surface area contributed by atoms with Crippen LogP contribution in [0.25, 0.3) is 0 Å². The van der Waals surface area contributed by atoms with E-state index >= 15 is 0 Å². The Balaban J connectivity index is 2.04. The van der Waals surface area contributed by atoms with Crippen LogP contribution in [0.1, 0.15) is 51.2 Å². The first-order valence-corrected chi connectivity index (χ1v) is 5.74. The highest BCUT2D eigenvalue weighted by molar-refractivity contribution is 5.01. The lowest BCUT2D eigenvalue weighted by Gasteiger charge is -2.18. The number of nitrogens with two attached hydrogens (primary N) is 1. The molecule has 1 saturated carbocycles. The largest absolute Gasteiger partial charge is 0.337 e. The third-order valence-electron chi connectivity index (χ3n) is 2.89. The zero-order valence-electron chi connectivity index (χ0n) is 9.49. The van der Waals surface area contributed by atoms with E-state index in [0.717, 1.165) is 31.0 Å². The summed E-state index contributed by atoms with van der Waals surface area (Å²) in [7, 11) is 0. The quantitative estimate of drug-likeness (QED) is 0.805. The van der Waals surface area contributed by atoms with Crippen molar-refractivity contribution in [1.82, 2.24) is 10.1 Å². The van der Waals surface area contributed by atoms with Gasteiger partial charge in [0, 0.05) is 6.42 Å². The van der Waals surface area contributed by atoms with Crippen molar-refractivity contribution in [3.8, 4) is 0 Å². The average Bonchev–Trinajstić information content (AvgIpc) is 2.81. The fraction of sp³-hybridized carbons (Fsp3) is 0.818. The molecule has 0 spiro atoms. The lowest BCUT2D eigenvalue weighted by molar-refractivity contribution is 0.282. The van der Waals surface area contributed by atoms with Crippen molar-refractivity contribution in [2.75, 3.05) is 0 Å². The van der Waals surface area contributed by atoms with Gasteiger partial charge in [-0.15, -0.1) is 0 Å². The Hall–Kier alpha value is -0.900. The van der Waals surface area contributed by atoms with Gasteiger partial charge in [-0.2, -0.15) is 4.98 Å². The van der Waals surface area contributed by atoms with Gasteiger partial charge in [0.05, 0.1) is 5.54 Å². The predicted molar refractivity (Wildman–Crippen MR) is 57.2 cm³/mol. The van der Waals surface area contributed by atoms with E-state index in [9.17, 15) is 0 Å². The Morgan fingerprint density at radius 2 is 2.27 bits per heavy atom. The maximum absolute atomic E-state index is 6.11. The first-order chi connectivity index (χ1) is 7.12. The fourth-order valence-corrected chi connectivity index (χ4v) is 1.78. The molecule has 1 unspecified atom stereocenters. The van der Waals surface area contributed by atoms with Crippen molar-refractivity contribution >= 4 is 0 Å². The maximum atomic E-state index is 6.11. The Morgan fingerprint density at radius 1 is 1.53 bits per heavy atom. The van der Waals surface area contributed by atoms with Crippen LogP contribution in [-0.4, -0.2) is 10.1 Å². The van der Waals surface area contributed by atoms with Crippen LogP contribution in [0.15, 0.2) is 4.52 Å². The fourth-order valence-electron chi connectivity index (χ4n) is 1.78. The lowest BCUT2D eigenvalue weighted by Crippen LogP contribution is -2.33. The van der Waals surface area contributed by atoms with E-state index in [1.807, 2.05) is 6.92 Å². The number of aromatic nitrogens is 2. The van der Waals surface area contributed by atoms with E-state index in [2.05, 4.69) is 17.1 Å². The van der Waals surface area contributed by atoms with Gasteiger partial charge < -0.3 is 10.3 Å². The Kier molecular flexibility index (Phi) is 2.78. The Bertz CT molecular complexity index is 328. The molecule has 0 amide bonds. The van der Waals surface area contributed by atoms with E-state index in [0.29, 0.717) is 5.89 Å². The molecule has 0 bridgehead atoms. The molecule has 0 saturated heterocycles. The number of rotatable bonds is 5. The SMILES string of the molecule is CCCC(C)(N)c1nc(CC2CC2)no1. The van der Waals surface area contributed by atoms with Crippen molar-refractivity contribution in [3.05, 3.63) is 11.7 Å². The minimum Gasteiger partial charge on any atom is -0.337 e. The van der Waals surface area contributed by atoms with Gasteiger partial charge in [0.1, 0.15) is 0 Å². The lowest BCUT2D eigenvalue weighted by atomic mass is 9.98. The van der Waals surface area contributed by atoms with Gasteiger partial charge in [-0.1, -0.05) is 18.5 Å². The Morgan fingerprint density at radius 3 is 2.87 bits per heavy atom. The van der Waals surface area contributed by atoms with E-state index < -0.39 is 5.54 Å². The molecule has 2 N–H and O–H groups in total. The summed E-state index contributed by atoms with van der Waals surface area (Å²) in [4.78, 5) is 4.38. The van der Waals surface area contributed by atoms with Crippen molar-refractivity contribution in [2.45, 2.75) is 51.5 Å². The number of hydrogen-bond donors (Lipinski definition) is 1. The summed E-state index contributed by atoms with van der Waals surface area (Å²) < 4.78 is 5.22. The molecule has 1 atom stereocenters. The zero-order chi connectivity index (χ0) is 10.9. The number of nitrogens with zero attached hydrogens (tertiary/aromatic N) is 2. The van der Waals surface area contributed by atoms with Crippen LogP contribution in [0, 0.1) is 5.92 Å². The van der Waals surface area contributed by atoms with Crippen LogP contribution < -0.4 is 5.73 Å². The van der Waals surface area contributed by atoms with Gasteiger partial charge in [0.2, 0.25) is 5.89 Å². The third kappa shape index (κ3) is 2.56. The molecule has 1 heterocycles. The molecule has 84 valence electrons. The molecular formula is C11H19N3O. The van der Waals surface area contributed by atoms with E-state index in [-0.39, 0.29) is 0 Å². The maximum Gasteiger partial charge on any atom is 0.246 e.